The third kappa shape index (κ3) is 5.33. The van der Waals surface area contributed by atoms with E-state index in [1.807, 2.05) is 0 Å². The Morgan fingerprint density at radius 3 is 2.74 bits per heavy atom. The van der Waals surface area contributed by atoms with Crippen LogP contribution in [0, 0.1) is 5.41 Å². The minimum absolute atomic E-state index is 0.168. The summed E-state index contributed by atoms with van der Waals surface area (Å²) in [5, 5.41) is 14.1. The minimum atomic E-state index is -4.41. The Kier molecular flexibility index (Phi) is 6.81. The van der Waals surface area contributed by atoms with Crippen molar-refractivity contribution >= 4 is 33.4 Å². The fourth-order valence-corrected chi connectivity index (χ4v) is 3.75. The van der Waals surface area contributed by atoms with E-state index in [0.29, 0.717) is 17.1 Å². The number of benzene rings is 1. The topological polar surface area (TPSA) is 99.6 Å². The van der Waals surface area contributed by atoms with Gasteiger partial charge < -0.3 is 19.7 Å². The summed E-state index contributed by atoms with van der Waals surface area (Å²) in [6, 6.07) is 4.26. The molecule has 0 aliphatic carbocycles. The van der Waals surface area contributed by atoms with Crippen molar-refractivity contribution in [3.63, 3.8) is 0 Å². The van der Waals surface area contributed by atoms with Crippen LogP contribution in [0.2, 0.25) is 0 Å². The molecule has 2 amide bonds. The van der Waals surface area contributed by atoms with Crippen LogP contribution in [0.15, 0.2) is 37.0 Å². The third-order valence-electron chi connectivity index (χ3n) is 4.46. The molecule has 1 unspecified atom stereocenters. The van der Waals surface area contributed by atoms with Gasteiger partial charge in [0.1, 0.15) is 11.1 Å². The van der Waals surface area contributed by atoms with Crippen LogP contribution in [0.3, 0.4) is 0 Å². The van der Waals surface area contributed by atoms with Crippen molar-refractivity contribution in [3.8, 4) is 0 Å². The maximum absolute atomic E-state index is 12.8. The van der Waals surface area contributed by atoms with Crippen LogP contribution in [-0.2, 0) is 15.7 Å². The number of methoxy groups -OCH3 is 1. The first-order valence-electron chi connectivity index (χ1n) is 9.08. The second-order valence-corrected chi connectivity index (χ2v) is 7.43. The van der Waals surface area contributed by atoms with Crippen LogP contribution in [0.5, 0.6) is 0 Å². The maximum Gasteiger partial charge on any atom is 0.416 e. The minimum Gasteiger partial charge on any atom is -0.480 e. The van der Waals surface area contributed by atoms with E-state index in [0.717, 1.165) is 23.5 Å². The van der Waals surface area contributed by atoms with Crippen molar-refractivity contribution < 1.29 is 27.4 Å². The first-order chi connectivity index (χ1) is 14.7. The second kappa shape index (κ2) is 9.35. The summed E-state index contributed by atoms with van der Waals surface area (Å²) in [5.74, 6) is -0.171. The number of urea groups is 1. The lowest BCUT2D eigenvalue weighted by Gasteiger charge is -2.33. The van der Waals surface area contributed by atoms with E-state index in [4.69, 9.17) is 14.9 Å². The zero-order chi connectivity index (χ0) is 22.6. The van der Waals surface area contributed by atoms with Gasteiger partial charge in [0.2, 0.25) is 5.90 Å². The van der Waals surface area contributed by atoms with Gasteiger partial charge in [0.05, 0.1) is 25.8 Å². The number of rotatable bonds is 5. The molecule has 3 rings (SSSR count). The molecule has 1 aliphatic heterocycles. The molecule has 1 atom stereocenters. The van der Waals surface area contributed by atoms with Gasteiger partial charge in [-0.05, 0) is 23.9 Å². The summed E-state index contributed by atoms with van der Waals surface area (Å²) >= 11 is 1.11. The number of aromatic nitrogens is 1. The number of carbonyl (C=O) groups is 1. The molecular formula is C19H20F3N5O3S. The molecule has 31 heavy (non-hydrogen) atoms. The first-order valence-corrected chi connectivity index (χ1v) is 9.90. The Hall–Kier alpha value is -3.12. The Morgan fingerprint density at radius 1 is 1.42 bits per heavy atom. The molecule has 166 valence electrons. The number of halogens is 3. The molecule has 1 aromatic heterocycles. The number of anilines is 2. The third-order valence-corrected chi connectivity index (χ3v) is 5.36. The van der Waals surface area contributed by atoms with Gasteiger partial charge in [0, 0.05) is 6.54 Å². The molecule has 3 N–H and O–H groups in total. The van der Waals surface area contributed by atoms with Crippen LogP contribution in [-0.4, -0.2) is 48.6 Å². The lowest BCUT2D eigenvalue weighted by atomic mass is 10.1. The van der Waals surface area contributed by atoms with Crippen molar-refractivity contribution in [1.29, 1.82) is 5.41 Å². The number of morpholine rings is 1. The lowest BCUT2D eigenvalue weighted by molar-refractivity contribution is -0.137. The normalized spacial score (nSPS) is 16.5. The molecular weight excluding hydrogens is 435 g/mol. The number of carbonyl (C=O) groups excluding carboxylic acids is 1. The quantitative estimate of drug-likeness (QED) is 0.461. The van der Waals surface area contributed by atoms with E-state index in [9.17, 15) is 18.0 Å². The summed E-state index contributed by atoms with van der Waals surface area (Å²) in [6.07, 6.45) is -3.54. The predicted molar refractivity (Wildman–Crippen MR) is 111 cm³/mol. The maximum atomic E-state index is 12.8. The molecule has 1 saturated heterocycles. The summed E-state index contributed by atoms with van der Waals surface area (Å²) < 4.78 is 48.8. The number of hydrogen-bond acceptors (Lipinski definition) is 7. The molecule has 2 aromatic rings. The Bertz CT molecular complexity index is 962. The number of nitrogens with one attached hydrogen (secondary N) is 3. The average Bonchev–Trinajstić information content (AvgIpc) is 3.15. The fourth-order valence-electron chi connectivity index (χ4n) is 2.91. The monoisotopic (exact) mass is 455 g/mol. The Labute approximate surface area is 180 Å². The van der Waals surface area contributed by atoms with Gasteiger partial charge in [-0.3, -0.25) is 10.7 Å². The van der Waals surface area contributed by atoms with E-state index in [1.165, 1.54) is 30.3 Å². The lowest BCUT2D eigenvalue weighted by Crippen LogP contribution is -2.44. The van der Waals surface area contributed by atoms with Crippen molar-refractivity contribution in [2.24, 2.45) is 0 Å². The smallest absolute Gasteiger partial charge is 0.416 e. The largest absolute Gasteiger partial charge is 0.480 e. The number of hydrogen-bond donors (Lipinski definition) is 3. The zero-order valence-corrected chi connectivity index (χ0v) is 17.3. The van der Waals surface area contributed by atoms with Crippen molar-refractivity contribution in [1.82, 2.24) is 9.88 Å². The first kappa shape index (κ1) is 22.6. The molecule has 1 aliphatic rings. The van der Waals surface area contributed by atoms with E-state index in [-0.39, 0.29) is 29.9 Å². The second-order valence-electron chi connectivity index (χ2n) is 6.43. The zero-order valence-electron chi connectivity index (χ0n) is 16.5. The van der Waals surface area contributed by atoms with Gasteiger partial charge in [-0.25, -0.2) is 9.78 Å². The van der Waals surface area contributed by atoms with Gasteiger partial charge in [-0.15, -0.1) is 0 Å². The summed E-state index contributed by atoms with van der Waals surface area (Å²) in [6.45, 7) is 4.28. The number of thiazole rings is 1. The summed E-state index contributed by atoms with van der Waals surface area (Å²) in [4.78, 5) is 18.4. The molecule has 2 heterocycles. The number of alkyl halides is 3. The van der Waals surface area contributed by atoms with E-state index in [1.54, 1.807) is 0 Å². The highest BCUT2D eigenvalue weighted by molar-refractivity contribution is 7.20. The van der Waals surface area contributed by atoms with Gasteiger partial charge >= 0.3 is 12.2 Å². The highest BCUT2D eigenvalue weighted by Crippen LogP contribution is 2.32. The van der Waals surface area contributed by atoms with Crippen molar-refractivity contribution in [2.45, 2.75) is 12.3 Å². The van der Waals surface area contributed by atoms with Crippen LogP contribution in [0.25, 0.3) is 0 Å². The van der Waals surface area contributed by atoms with Crippen LogP contribution >= 0.6 is 11.3 Å². The standard InChI is InChI=1S/C19H20F3N5O3S/c1-3-24-16-14(15(23)29-2)25-17(31-16)26-18(28)27-8-9-30-13(10-27)11-4-6-12(7-5-11)19(20,21)22/h3-7,13,23-24H,1,8-10H2,2H3,(H,25,26,28). The molecule has 8 nitrogen and oxygen atoms in total. The van der Waals surface area contributed by atoms with Crippen LogP contribution < -0.4 is 10.6 Å². The molecule has 12 heteroatoms. The van der Waals surface area contributed by atoms with Gasteiger partial charge in [0.25, 0.3) is 0 Å². The highest BCUT2D eigenvalue weighted by Gasteiger charge is 2.31. The van der Waals surface area contributed by atoms with Crippen LogP contribution in [0.4, 0.5) is 28.1 Å². The number of amides is 2. The summed E-state index contributed by atoms with van der Waals surface area (Å²) in [7, 11) is 1.34. The predicted octanol–water partition coefficient (Wildman–Crippen LogP) is 4.29. The molecule has 0 radical (unpaired) electrons. The molecule has 1 aromatic carbocycles. The van der Waals surface area contributed by atoms with Crippen LogP contribution in [0.1, 0.15) is 22.9 Å². The van der Waals surface area contributed by atoms with E-state index < -0.39 is 23.9 Å². The number of ether oxygens (including phenoxy) is 2. The Balaban J connectivity index is 1.68. The van der Waals surface area contributed by atoms with Gasteiger partial charge in [-0.2, -0.15) is 13.2 Å². The van der Waals surface area contributed by atoms with Gasteiger partial charge in [-0.1, -0.05) is 30.0 Å². The SMILES string of the molecule is C=CNc1sc(NC(=O)N2CCOC(c3ccc(C(F)(F)F)cc3)C2)nc1C(=N)OC. The number of nitrogens with zero attached hydrogens (tertiary/aromatic N) is 2. The van der Waals surface area contributed by atoms with Gasteiger partial charge in [0.15, 0.2) is 10.8 Å². The van der Waals surface area contributed by atoms with E-state index in [2.05, 4.69) is 22.2 Å². The molecule has 0 spiro atoms. The molecule has 1 fully saturated rings. The van der Waals surface area contributed by atoms with Crippen molar-refractivity contribution in [3.05, 3.63) is 53.9 Å². The fraction of sp³-hybridized carbons (Fsp3) is 0.316. The summed E-state index contributed by atoms with van der Waals surface area (Å²) in [5.41, 5.74) is 0.0344. The average molecular weight is 455 g/mol. The molecule has 0 saturated carbocycles. The molecule has 0 bridgehead atoms. The van der Waals surface area contributed by atoms with Crippen molar-refractivity contribution in [2.75, 3.05) is 37.4 Å². The Morgan fingerprint density at radius 2 is 2.13 bits per heavy atom. The highest BCUT2D eigenvalue weighted by atomic mass is 32.1. The van der Waals surface area contributed by atoms with E-state index >= 15 is 0 Å².